The first-order chi connectivity index (χ1) is 15.3. The summed E-state index contributed by atoms with van der Waals surface area (Å²) in [5, 5.41) is 5.75. The van der Waals surface area contributed by atoms with Crippen LogP contribution >= 0.6 is 0 Å². The number of hydrogen-bond donors (Lipinski definition) is 2. The van der Waals surface area contributed by atoms with E-state index in [-0.39, 0.29) is 23.8 Å². The number of rotatable bonds is 10. The molecule has 3 unspecified atom stereocenters. The summed E-state index contributed by atoms with van der Waals surface area (Å²) in [4.78, 5) is 41.5. The zero-order valence-corrected chi connectivity index (χ0v) is 21.8. The second kappa shape index (κ2) is 12.6. The number of alkyl carbamates (subject to hydrolysis) is 1. The van der Waals surface area contributed by atoms with Gasteiger partial charge in [0.2, 0.25) is 11.8 Å². The third-order valence-corrected chi connectivity index (χ3v) is 5.37. The predicted molar refractivity (Wildman–Crippen MR) is 132 cm³/mol. The van der Waals surface area contributed by atoms with Gasteiger partial charge in [0.15, 0.2) is 0 Å². The van der Waals surface area contributed by atoms with Crippen LogP contribution in [0.3, 0.4) is 0 Å². The Morgan fingerprint density at radius 2 is 1.64 bits per heavy atom. The first kappa shape index (κ1) is 28.5. The Bertz CT molecular complexity index is 801. The van der Waals surface area contributed by atoms with Crippen LogP contribution < -0.4 is 10.6 Å². The molecule has 0 radical (unpaired) electrons. The van der Waals surface area contributed by atoms with Gasteiger partial charge in [0.1, 0.15) is 17.7 Å². The van der Waals surface area contributed by atoms with Crippen molar-refractivity contribution < 1.29 is 19.1 Å². The number of carbonyl (C=O) groups is 3. The van der Waals surface area contributed by atoms with Crippen molar-refractivity contribution in [3.8, 4) is 0 Å². The van der Waals surface area contributed by atoms with E-state index in [0.717, 1.165) is 11.1 Å². The predicted octanol–water partition coefficient (Wildman–Crippen LogP) is 4.74. The summed E-state index contributed by atoms with van der Waals surface area (Å²) in [5.74, 6) is -0.666. The number of benzene rings is 1. The molecule has 0 aliphatic rings. The smallest absolute Gasteiger partial charge is 0.408 e. The Morgan fingerprint density at radius 3 is 2.12 bits per heavy atom. The zero-order chi connectivity index (χ0) is 25.3. The second-order valence-corrected chi connectivity index (χ2v) is 9.96. The van der Waals surface area contributed by atoms with Gasteiger partial charge in [0.25, 0.3) is 0 Å². The lowest BCUT2D eigenvalue weighted by Crippen LogP contribution is -2.55. The number of nitrogens with zero attached hydrogens (tertiary/aromatic N) is 1. The summed E-state index contributed by atoms with van der Waals surface area (Å²) >= 11 is 0. The quantitative estimate of drug-likeness (QED) is 0.527. The Balaban J connectivity index is 3.46. The molecule has 2 N–H and O–H groups in total. The van der Waals surface area contributed by atoms with Crippen molar-refractivity contribution in [3.63, 3.8) is 0 Å². The first-order valence-electron chi connectivity index (χ1n) is 12.0. The molecule has 1 aromatic rings. The highest BCUT2D eigenvalue weighted by Gasteiger charge is 2.38. The molecular weight excluding hydrogens is 418 g/mol. The van der Waals surface area contributed by atoms with Gasteiger partial charge in [-0.15, -0.1) is 0 Å². The van der Waals surface area contributed by atoms with Crippen LogP contribution in [0, 0.1) is 12.8 Å². The Hall–Kier alpha value is -2.57. The Morgan fingerprint density at radius 1 is 1.03 bits per heavy atom. The maximum atomic E-state index is 13.9. The molecule has 0 fully saturated rings. The van der Waals surface area contributed by atoms with E-state index in [0.29, 0.717) is 19.4 Å². The molecule has 0 aromatic heterocycles. The average molecular weight is 462 g/mol. The Kier molecular flexibility index (Phi) is 10.9. The van der Waals surface area contributed by atoms with Gasteiger partial charge in [-0.1, -0.05) is 51.5 Å². The first-order valence-corrected chi connectivity index (χ1v) is 12.0. The van der Waals surface area contributed by atoms with Crippen LogP contribution in [0.4, 0.5) is 4.79 Å². The molecule has 0 saturated carbocycles. The van der Waals surface area contributed by atoms with Gasteiger partial charge in [0.05, 0.1) is 0 Å². The van der Waals surface area contributed by atoms with Gasteiger partial charge in [-0.3, -0.25) is 9.59 Å². The number of hydrogen-bond acceptors (Lipinski definition) is 4. The van der Waals surface area contributed by atoms with E-state index >= 15 is 0 Å². The molecule has 0 spiro atoms. The molecular formula is C26H43N3O4. The second-order valence-electron chi connectivity index (χ2n) is 9.96. The highest BCUT2D eigenvalue weighted by Crippen LogP contribution is 2.27. The van der Waals surface area contributed by atoms with Gasteiger partial charge < -0.3 is 20.3 Å². The minimum Gasteiger partial charge on any atom is -0.444 e. The standard InChI is InChI=1S/C26H43N3O4/c1-10-16-29(22(23(30)27-17(3)4)20-15-13-12-14-19(20)6)24(31)21(18(5)11-2)28-25(32)33-26(7,8)9/h12-15,17-18,21-22H,10-11,16H2,1-9H3,(H,27,30)(H,28,32). The van der Waals surface area contributed by atoms with E-state index in [4.69, 9.17) is 4.74 Å². The van der Waals surface area contributed by atoms with Gasteiger partial charge >= 0.3 is 6.09 Å². The molecule has 7 nitrogen and oxygen atoms in total. The van der Waals surface area contributed by atoms with Gasteiger partial charge in [-0.05, 0) is 65.0 Å². The van der Waals surface area contributed by atoms with Crippen LogP contribution in [0.5, 0.6) is 0 Å². The SMILES string of the molecule is CCCN(C(=O)C(NC(=O)OC(C)(C)C)C(C)CC)C(C(=O)NC(C)C)c1ccccc1C. The molecule has 7 heteroatoms. The molecule has 3 atom stereocenters. The number of nitrogens with one attached hydrogen (secondary N) is 2. The molecule has 0 bridgehead atoms. The van der Waals surface area contributed by atoms with Gasteiger partial charge in [0, 0.05) is 12.6 Å². The van der Waals surface area contributed by atoms with E-state index in [1.165, 1.54) is 0 Å². The molecule has 0 heterocycles. The van der Waals surface area contributed by atoms with E-state index in [1.807, 2.05) is 65.8 Å². The lowest BCUT2D eigenvalue weighted by atomic mass is 9.94. The van der Waals surface area contributed by atoms with Crippen LogP contribution in [0.15, 0.2) is 24.3 Å². The third kappa shape index (κ3) is 8.71. The minimum absolute atomic E-state index is 0.0761. The molecule has 0 aliphatic heterocycles. The van der Waals surface area contributed by atoms with Gasteiger partial charge in [-0.25, -0.2) is 4.79 Å². The number of ether oxygens (including phenoxy) is 1. The van der Waals surface area contributed by atoms with Crippen LogP contribution in [-0.4, -0.2) is 47.0 Å². The maximum absolute atomic E-state index is 13.9. The summed E-state index contributed by atoms with van der Waals surface area (Å²) in [6.07, 6.45) is 0.707. The fraction of sp³-hybridized carbons (Fsp3) is 0.654. The van der Waals surface area contributed by atoms with Crippen molar-refractivity contribution in [2.75, 3.05) is 6.54 Å². The molecule has 1 aromatic carbocycles. The number of amides is 3. The minimum atomic E-state index is -0.810. The van der Waals surface area contributed by atoms with E-state index < -0.39 is 23.8 Å². The highest BCUT2D eigenvalue weighted by atomic mass is 16.6. The largest absolute Gasteiger partial charge is 0.444 e. The molecule has 186 valence electrons. The fourth-order valence-corrected chi connectivity index (χ4v) is 3.61. The van der Waals surface area contributed by atoms with Crippen LogP contribution in [0.25, 0.3) is 0 Å². The zero-order valence-electron chi connectivity index (χ0n) is 21.8. The topological polar surface area (TPSA) is 87.7 Å². The lowest BCUT2D eigenvalue weighted by molar-refractivity contribution is -0.143. The van der Waals surface area contributed by atoms with E-state index in [2.05, 4.69) is 10.6 Å². The van der Waals surface area contributed by atoms with Crippen LogP contribution in [0.2, 0.25) is 0 Å². The normalized spacial score (nSPS) is 14.2. The summed E-state index contributed by atoms with van der Waals surface area (Å²) < 4.78 is 5.42. The van der Waals surface area contributed by atoms with Crippen molar-refractivity contribution in [3.05, 3.63) is 35.4 Å². The number of aryl methyl sites for hydroxylation is 1. The molecule has 3 amide bonds. The monoisotopic (exact) mass is 461 g/mol. The van der Waals surface area contributed by atoms with Crippen molar-refractivity contribution in [1.82, 2.24) is 15.5 Å². The van der Waals surface area contributed by atoms with E-state index in [9.17, 15) is 14.4 Å². The van der Waals surface area contributed by atoms with Crippen molar-refractivity contribution >= 4 is 17.9 Å². The molecule has 0 aliphatic carbocycles. The van der Waals surface area contributed by atoms with Crippen molar-refractivity contribution in [2.45, 2.75) is 98.9 Å². The van der Waals surface area contributed by atoms with Gasteiger partial charge in [-0.2, -0.15) is 0 Å². The van der Waals surface area contributed by atoms with Crippen LogP contribution in [-0.2, 0) is 14.3 Å². The molecule has 1 rings (SSSR count). The summed E-state index contributed by atoms with van der Waals surface area (Å²) in [6, 6.07) is 5.92. The molecule has 33 heavy (non-hydrogen) atoms. The van der Waals surface area contributed by atoms with Crippen molar-refractivity contribution in [1.29, 1.82) is 0 Å². The number of carbonyl (C=O) groups excluding carboxylic acids is 3. The summed E-state index contributed by atoms with van der Waals surface area (Å²) in [5.41, 5.74) is 1.02. The summed E-state index contributed by atoms with van der Waals surface area (Å²) in [6.45, 7) is 17.3. The fourth-order valence-electron chi connectivity index (χ4n) is 3.61. The molecule has 0 saturated heterocycles. The maximum Gasteiger partial charge on any atom is 0.408 e. The van der Waals surface area contributed by atoms with E-state index in [1.54, 1.807) is 25.7 Å². The lowest BCUT2D eigenvalue weighted by Gasteiger charge is -2.36. The average Bonchev–Trinajstić information content (AvgIpc) is 2.70. The highest BCUT2D eigenvalue weighted by molar-refractivity contribution is 5.92. The van der Waals surface area contributed by atoms with Crippen LogP contribution in [0.1, 0.15) is 85.4 Å². The Labute approximate surface area is 199 Å². The third-order valence-electron chi connectivity index (χ3n) is 5.37. The van der Waals surface area contributed by atoms with Crippen molar-refractivity contribution in [2.24, 2.45) is 5.92 Å². The summed E-state index contributed by atoms with van der Waals surface area (Å²) in [7, 11) is 0.